The van der Waals surface area contributed by atoms with Crippen molar-refractivity contribution >= 4 is 34.9 Å². The van der Waals surface area contributed by atoms with Crippen molar-refractivity contribution in [3.8, 4) is 6.07 Å². The van der Waals surface area contributed by atoms with Crippen molar-refractivity contribution in [3.05, 3.63) is 91.6 Å². The van der Waals surface area contributed by atoms with E-state index in [0.29, 0.717) is 38.0 Å². The van der Waals surface area contributed by atoms with E-state index < -0.39 is 5.92 Å². The predicted molar refractivity (Wildman–Crippen MR) is 126 cm³/mol. The van der Waals surface area contributed by atoms with Gasteiger partial charge in [-0.1, -0.05) is 53.7 Å². The Hall–Kier alpha value is -2.81. The molecule has 0 aromatic heterocycles. The molecule has 4 nitrogen and oxygen atoms in total. The van der Waals surface area contributed by atoms with Crippen LogP contribution in [0.3, 0.4) is 0 Å². The molecular weight excluding hydrogens is 428 g/mol. The average Bonchev–Trinajstić information content (AvgIpc) is 2.73. The van der Waals surface area contributed by atoms with Crippen LogP contribution < -0.4 is 5.32 Å². The van der Waals surface area contributed by atoms with Crippen molar-refractivity contribution in [2.45, 2.75) is 33.6 Å². The summed E-state index contributed by atoms with van der Waals surface area (Å²) in [5.74, 6) is -0.545. The first-order valence-electron chi connectivity index (χ1n) is 9.85. The molecule has 0 bridgehead atoms. The maximum atomic E-state index is 12.8. The Labute approximate surface area is 192 Å². The second-order valence-electron chi connectivity index (χ2n) is 7.54. The largest absolute Gasteiger partial charge is 0.353 e. The second-order valence-corrected chi connectivity index (χ2v) is 8.93. The van der Waals surface area contributed by atoms with E-state index in [4.69, 9.17) is 11.6 Å². The van der Waals surface area contributed by atoms with Gasteiger partial charge in [-0.3, -0.25) is 9.59 Å². The number of dihydropyridines is 1. The van der Waals surface area contributed by atoms with Crippen LogP contribution in [0.15, 0.2) is 64.3 Å². The van der Waals surface area contributed by atoms with Crippen molar-refractivity contribution in [1.82, 2.24) is 5.32 Å². The lowest BCUT2D eigenvalue weighted by Crippen LogP contribution is -2.27. The maximum absolute atomic E-state index is 12.8. The van der Waals surface area contributed by atoms with Crippen molar-refractivity contribution in [2.24, 2.45) is 0 Å². The Morgan fingerprint density at radius 3 is 2.45 bits per heavy atom. The van der Waals surface area contributed by atoms with Gasteiger partial charge in [0.25, 0.3) is 0 Å². The summed E-state index contributed by atoms with van der Waals surface area (Å²) >= 11 is 7.71. The summed E-state index contributed by atoms with van der Waals surface area (Å²) in [5.41, 5.74) is 5.10. The van der Waals surface area contributed by atoms with Gasteiger partial charge in [-0.2, -0.15) is 5.26 Å². The molecule has 2 aromatic rings. The van der Waals surface area contributed by atoms with Crippen molar-refractivity contribution in [3.63, 3.8) is 0 Å². The van der Waals surface area contributed by atoms with Crippen LogP contribution >= 0.6 is 23.4 Å². The van der Waals surface area contributed by atoms with Crippen LogP contribution in [-0.4, -0.2) is 17.3 Å². The quantitative estimate of drug-likeness (QED) is 0.558. The van der Waals surface area contributed by atoms with Gasteiger partial charge in [0.2, 0.25) is 0 Å². The average molecular weight is 451 g/mol. The summed E-state index contributed by atoms with van der Waals surface area (Å²) < 4.78 is 0. The number of halogens is 1. The highest BCUT2D eigenvalue weighted by molar-refractivity contribution is 8.03. The predicted octanol–water partition coefficient (Wildman–Crippen LogP) is 5.86. The van der Waals surface area contributed by atoms with Gasteiger partial charge in [0, 0.05) is 21.9 Å². The Kier molecular flexibility index (Phi) is 7.04. The van der Waals surface area contributed by atoms with Crippen LogP contribution in [0.4, 0.5) is 0 Å². The number of carbonyl (C=O) groups excluding carboxylic acids is 2. The summed E-state index contributed by atoms with van der Waals surface area (Å²) in [6.45, 7) is 7.27. The minimum atomic E-state index is -0.573. The van der Waals surface area contributed by atoms with Crippen LogP contribution in [0.25, 0.3) is 0 Å². The molecule has 31 heavy (non-hydrogen) atoms. The lowest BCUT2D eigenvalue weighted by atomic mass is 9.81. The van der Waals surface area contributed by atoms with Gasteiger partial charge in [-0.05, 0) is 56.5 Å². The smallest absolute Gasteiger partial charge is 0.173 e. The number of rotatable bonds is 6. The number of allylic oxidation sites excluding steroid dienone is 3. The Morgan fingerprint density at radius 1 is 1.13 bits per heavy atom. The van der Waals surface area contributed by atoms with Crippen molar-refractivity contribution in [1.29, 1.82) is 5.26 Å². The van der Waals surface area contributed by atoms with Gasteiger partial charge >= 0.3 is 0 Å². The number of benzene rings is 2. The highest BCUT2D eigenvalue weighted by Crippen LogP contribution is 2.43. The zero-order valence-electron chi connectivity index (χ0n) is 17.9. The van der Waals surface area contributed by atoms with E-state index in [9.17, 15) is 14.9 Å². The molecule has 6 heteroatoms. The molecule has 1 N–H and O–H groups in total. The molecule has 158 valence electrons. The molecule has 0 aliphatic carbocycles. The van der Waals surface area contributed by atoms with E-state index in [1.807, 2.05) is 50.2 Å². The van der Waals surface area contributed by atoms with Crippen molar-refractivity contribution < 1.29 is 9.59 Å². The molecule has 0 saturated heterocycles. The monoisotopic (exact) mass is 450 g/mol. The molecule has 1 aliphatic rings. The van der Waals surface area contributed by atoms with E-state index in [-0.39, 0.29) is 17.3 Å². The minimum absolute atomic E-state index is 0.0204. The number of hydrogen-bond donors (Lipinski definition) is 1. The highest BCUT2D eigenvalue weighted by Gasteiger charge is 2.34. The minimum Gasteiger partial charge on any atom is -0.353 e. The molecule has 0 amide bonds. The number of hydrogen-bond acceptors (Lipinski definition) is 5. The van der Waals surface area contributed by atoms with Gasteiger partial charge in [0.15, 0.2) is 11.6 Å². The standard InChI is InChI=1S/C25H23ClN2O2S/c1-14-9-10-18(11-15(14)2)22(30)13-31-25-20(12-27)24(19-7-5-6-8-21(19)26)23(17(4)29)16(3)28-25/h5-11,24,28H,13H2,1-4H3. The molecule has 0 spiro atoms. The van der Waals surface area contributed by atoms with Crippen LogP contribution in [0.5, 0.6) is 0 Å². The molecule has 1 atom stereocenters. The molecule has 0 fully saturated rings. The van der Waals surface area contributed by atoms with Gasteiger partial charge in [-0.25, -0.2) is 0 Å². The number of aryl methyl sites for hydroxylation is 2. The first-order valence-corrected chi connectivity index (χ1v) is 11.2. The molecule has 2 aromatic carbocycles. The van der Waals surface area contributed by atoms with E-state index in [0.717, 1.165) is 11.1 Å². The number of nitriles is 1. The van der Waals surface area contributed by atoms with E-state index in [2.05, 4.69) is 11.4 Å². The van der Waals surface area contributed by atoms with Gasteiger partial charge in [0.1, 0.15) is 0 Å². The summed E-state index contributed by atoms with van der Waals surface area (Å²) in [6, 6.07) is 15.1. The zero-order valence-corrected chi connectivity index (χ0v) is 19.4. The number of carbonyl (C=O) groups is 2. The van der Waals surface area contributed by atoms with Crippen LogP contribution in [-0.2, 0) is 4.79 Å². The molecule has 0 radical (unpaired) electrons. The van der Waals surface area contributed by atoms with Crippen LogP contribution in [0, 0.1) is 25.2 Å². The fourth-order valence-electron chi connectivity index (χ4n) is 3.65. The fourth-order valence-corrected chi connectivity index (χ4v) is 4.88. The molecule has 1 aliphatic heterocycles. The van der Waals surface area contributed by atoms with E-state index in [1.54, 1.807) is 13.0 Å². The third-order valence-corrected chi connectivity index (χ3v) is 6.78. The van der Waals surface area contributed by atoms with Gasteiger partial charge < -0.3 is 5.32 Å². The fraction of sp³-hybridized carbons (Fsp3) is 0.240. The Balaban J connectivity index is 1.97. The summed E-state index contributed by atoms with van der Waals surface area (Å²) in [5, 5.41) is 14.2. The van der Waals surface area contributed by atoms with E-state index in [1.165, 1.54) is 18.7 Å². The zero-order chi connectivity index (χ0) is 22.7. The molecule has 1 heterocycles. The van der Waals surface area contributed by atoms with Crippen LogP contribution in [0.1, 0.15) is 46.8 Å². The number of thioether (sulfide) groups is 1. The van der Waals surface area contributed by atoms with Gasteiger partial charge in [-0.15, -0.1) is 0 Å². The van der Waals surface area contributed by atoms with Gasteiger partial charge in [0.05, 0.1) is 28.3 Å². The number of ketones is 2. The summed E-state index contributed by atoms with van der Waals surface area (Å²) in [6.07, 6.45) is 0. The lowest BCUT2D eigenvalue weighted by Gasteiger charge is -2.29. The van der Waals surface area contributed by atoms with Crippen molar-refractivity contribution in [2.75, 3.05) is 5.75 Å². The molecule has 0 saturated carbocycles. The van der Waals surface area contributed by atoms with Crippen LogP contribution in [0.2, 0.25) is 5.02 Å². The highest BCUT2D eigenvalue weighted by atomic mass is 35.5. The number of Topliss-reactive ketones (excluding diaryl/α,β-unsaturated/α-hetero) is 2. The normalized spacial score (nSPS) is 16.1. The summed E-state index contributed by atoms with van der Waals surface area (Å²) in [4.78, 5) is 25.2. The lowest BCUT2D eigenvalue weighted by molar-refractivity contribution is -0.113. The summed E-state index contributed by atoms with van der Waals surface area (Å²) in [7, 11) is 0. The Bertz CT molecular complexity index is 1170. The second kappa shape index (κ2) is 9.55. The third-order valence-electron chi connectivity index (χ3n) is 5.42. The first-order chi connectivity index (χ1) is 14.7. The molecule has 3 rings (SSSR count). The SMILES string of the molecule is CC(=O)C1=C(C)NC(SCC(=O)c2ccc(C)c(C)c2)=C(C#N)C1c1ccccc1Cl. The number of nitrogens with zero attached hydrogens (tertiary/aromatic N) is 1. The topological polar surface area (TPSA) is 70.0 Å². The molecular formula is C25H23ClN2O2S. The number of nitrogens with one attached hydrogen (secondary N) is 1. The third kappa shape index (κ3) is 4.76. The van der Waals surface area contributed by atoms with E-state index >= 15 is 0 Å². The first kappa shape index (κ1) is 22.9. The Morgan fingerprint density at radius 2 is 1.84 bits per heavy atom. The molecule has 1 unspecified atom stereocenters. The maximum Gasteiger partial charge on any atom is 0.173 e.